The molecule has 5 heteroatoms. The Morgan fingerprint density at radius 3 is 2.79 bits per heavy atom. The molecule has 4 nitrogen and oxygen atoms in total. The molecule has 126 valence electrons. The normalized spacial score (nSPS) is 15.0. The second-order valence-electron chi connectivity index (χ2n) is 6.08. The lowest BCUT2D eigenvalue weighted by atomic mass is 9.98. The minimum absolute atomic E-state index is 0.277. The first-order valence-corrected chi connectivity index (χ1v) is 8.36. The zero-order valence-electron chi connectivity index (χ0n) is 13.5. The topological polar surface area (TPSA) is 51.2 Å². The second kappa shape index (κ2) is 7.90. The highest BCUT2D eigenvalue weighted by Gasteiger charge is 2.15. The van der Waals surface area contributed by atoms with Crippen LogP contribution in [-0.2, 0) is 6.54 Å². The first-order chi connectivity index (χ1) is 11.7. The van der Waals surface area contributed by atoms with Gasteiger partial charge in [-0.2, -0.15) is 4.39 Å². The molecule has 0 aliphatic heterocycles. The zero-order chi connectivity index (χ0) is 16.8. The van der Waals surface area contributed by atoms with Gasteiger partial charge in [-0.3, -0.25) is 4.79 Å². The van der Waals surface area contributed by atoms with E-state index in [9.17, 15) is 9.18 Å². The smallest absolute Gasteiger partial charge is 0.253 e. The number of benzene rings is 1. The summed E-state index contributed by atoms with van der Waals surface area (Å²) in [5.74, 6) is -0.0303. The molecule has 0 radical (unpaired) electrons. The van der Waals surface area contributed by atoms with Crippen LogP contribution in [0.3, 0.4) is 0 Å². The molecule has 0 saturated heterocycles. The van der Waals surface area contributed by atoms with Crippen LogP contribution in [0.2, 0.25) is 0 Å². The number of rotatable bonds is 5. The Kier molecular flexibility index (Phi) is 5.41. The molecule has 1 aliphatic carbocycles. The van der Waals surface area contributed by atoms with Gasteiger partial charge in [-0.1, -0.05) is 18.6 Å². The Balaban J connectivity index is 1.56. The molecule has 0 spiro atoms. The number of nitrogens with one attached hydrogen (secondary N) is 1. The molecule has 3 rings (SSSR count). The van der Waals surface area contributed by atoms with E-state index < -0.39 is 5.95 Å². The van der Waals surface area contributed by atoms with E-state index in [0.717, 1.165) is 24.2 Å². The standard InChI is InChI=1S/C19H21FN2O2/c20-18-10-9-15(13-21-18)19(23)22-12-14-5-4-8-17(11-14)24-16-6-2-1-3-7-16/h4-5,8-11,13,16H,1-3,6-7,12H2,(H,22,23). The number of pyridine rings is 1. The lowest BCUT2D eigenvalue weighted by molar-refractivity contribution is 0.0950. The SMILES string of the molecule is O=C(NCc1cccc(OC2CCCCC2)c1)c1ccc(F)nc1. The summed E-state index contributed by atoms with van der Waals surface area (Å²) < 4.78 is 18.8. The fraction of sp³-hybridized carbons (Fsp3) is 0.368. The monoisotopic (exact) mass is 328 g/mol. The molecule has 1 heterocycles. The van der Waals surface area contributed by atoms with Gasteiger partial charge in [-0.25, -0.2) is 4.98 Å². The molecule has 0 atom stereocenters. The van der Waals surface area contributed by atoms with Gasteiger partial charge in [0.05, 0.1) is 11.7 Å². The van der Waals surface area contributed by atoms with Crippen LogP contribution in [0, 0.1) is 5.95 Å². The van der Waals surface area contributed by atoms with Crippen molar-refractivity contribution in [2.45, 2.75) is 44.8 Å². The summed E-state index contributed by atoms with van der Waals surface area (Å²) in [6, 6.07) is 10.4. The van der Waals surface area contributed by atoms with E-state index in [4.69, 9.17) is 4.74 Å². The molecule has 2 aromatic rings. The number of hydrogen-bond acceptors (Lipinski definition) is 3. The lowest BCUT2D eigenvalue weighted by Gasteiger charge is -2.23. The summed E-state index contributed by atoms with van der Waals surface area (Å²) in [5, 5.41) is 2.81. The van der Waals surface area contributed by atoms with E-state index in [1.807, 2.05) is 24.3 Å². The van der Waals surface area contributed by atoms with Crippen molar-refractivity contribution in [1.29, 1.82) is 0 Å². The number of carbonyl (C=O) groups is 1. The van der Waals surface area contributed by atoms with E-state index in [2.05, 4.69) is 10.3 Å². The van der Waals surface area contributed by atoms with Gasteiger partial charge >= 0.3 is 0 Å². The van der Waals surface area contributed by atoms with Gasteiger partial charge in [-0.15, -0.1) is 0 Å². The highest BCUT2D eigenvalue weighted by Crippen LogP contribution is 2.23. The van der Waals surface area contributed by atoms with Crippen LogP contribution in [0.1, 0.15) is 48.0 Å². The Morgan fingerprint density at radius 1 is 1.21 bits per heavy atom. The molecule has 0 bridgehead atoms. The number of carbonyl (C=O) groups excluding carboxylic acids is 1. The van der Waals surface area contributed by atoms with Gasteiger partial charge in [0.25, 0.3) is 5.91 Å². The first-order valence-electron chi connectivity index (χ1n) is 8.36. The lowest BCUT2D eigenvalue weighted by Crippen LogP contribution is -2.23. The van der Waals surface area contributed by atoms with Gasteiger partial charge in [0.1, 0.15) is 5.75 Å². The Morgan fingerprint density at radius 2 is 2.04 bits per heavy atom. The summed E-state index contributed by atoms with van der Waals surface area (Å²) >= 11 is 0. The maximum Gasteiger partial charge on any atom is 0.253 e. The number of aromatic nitrogens is 1. The number of nitrogens with zero attached hydrogens (tertiary/aromatic N) is 1. The van der Waals surface area contributed by atoms with Crippen molar-refractivity contribution in [2.24, 2.45) is 0 Å². The molecule has 1 amide bonds. The van der Waals surface area contributed by atoms with Crippen molar-refractivity contribution in [3.8, 4) is 5.75 Å². The fourth-order valence-electron chi connectivity index (χ4n) is 2.90. The van der Waals surface area contributed by atoms with Crippen LogP contribution >= 0.6 is 0 Å². The van der Waals surface area contributed by atoms with Crippen molar-refractivity contribution in [3.05, 3.63) is 59.7 Å². The molecule has 1 N–H and O–H groups in total. The number of hydrogen-bond donors (Lipinski definition) is 1. The summed E-state index contributed by atoms with van der Waals surface area (Å²) in [4.78, 5) is 15.5. The van der Waals surface area contributed by atoms with Crippen molar-refractivity contribution < 1.29 is 13.9 Å². The first kappa shape index (κ1) is 16.4. The minimum atomic E-state index is -0.598. The summed E-state index contributed by atoms with van der Waals surface area (Å²) in [6.07, 6.45) is 7.50. The van der Waals surface area contributed by atoms with E-state index in [1.54, 1.807) is 0 Å². The van der Waals surface area contributed by atoms with Crippen molar-refractivity contribution in [3.63, 3.8) is 0 Å². The third-order valence-corrected chi connectivity index (χ3v) is 4.20. The highest BCUT2D eigenvalue weighted by atomic mass is 19.1. The molecule has 1 aromatic heterocycles. The average molecular weight is 328 g/mol. The number of halogens is 1. The van der Waals surface area contributed by atoms with E-state index in [1.165, 1.54) is 37.6 Å². The third kappa shape index (κ3) is 4.54. The largest absolute Gasteiger partial charge is 0.490 e. The Labute approximate surface area is 141 Å². The van der Waals surface area contributed by atoms with Crippen molar-refractivity contribution >= 4 is 5.91 Å². The Bertz CT molecular complexity index is 682. The maximum absolute atomic E-state index is 12.8. The molecule has 1 aliphatic rings. The molecule has 24 heavy (non-hydrogen) atoms. The van der Waals surface area contributed by atoms with Gasteiger partial charge in [0.2, 0.25) is 5.95 Å². The predicted octanol–water partition coefficient (Wildman–Crippen LogP) is 3.86. The van der Waals surface area contributed by atoms with Gasteiger partial charge in [-0.05, 0) is 55.5 Å². The molecular formula is C19H21FN2O2. The van der Waals surface area contributed by atoms with Crippen molar-refractivity contribution in [2.75, 3.05) is 0 Å². The minimum Gasteiger partial charge on any atom is -0.490 e. The predicted molar refractivity (Wildman–Crippen MR) is 89.3 cm³/mol. The van der Waals surface area contributed by atoms with Crippen LogP contribution in [0.15, 0.2) is 42.6 Å². The maximum atomic E-state index is 12.8. The van der Waals surface area contributed by atoms with Gasteiger partial charge < -0.3 is 10.1 Å². The summed E-state index contributed by atoms with van der Waals surface area (Å²) in [6.45, 7) is 0.387. The molecule has 1 fully saturated rings. The highest BCUT2D eigenvalue weighted by molar-refractivity contribution is 5.93. The van der Waals surface area contributed by atoms with Gasteiger partial charge in [0.15, 0.2) is 0 Å². The molecule has 1 saturated carbocycles. The van der Waals surface area contributed by atoms with Crippen LogP contribution in [0.5, 0.6) is 5.75 Å². The molecular weight excluding hydrogens is 307 g/mol. The zero-order valence-corrected chi connectivity index (χ0v) is 13.5. The van der Waals surface area contributed by atoms with E-state index >= 15 is 0 Å². The van der Waals surface area contributed by atoms with E-state index in [-0.39, 0.29) is 5.91 Å². The Hall–Kier alpha value is -2.43. The van der Waals surface area contributed by atoms with Crippen LogP contribution in [-0.4, -0.2) is 17.0 Å². The number of ether oxygens (including phenoxy) is 1. The second-order valence-corrected chi connectivity index (χ2v) is 6.08. The van der Waals surface area contributed by atoms with Crippen LogP contribution < -0.4 is 10.1 Å². The van der Waals surface area contributed by atoms with Crippen molar-refractivity contribution in [1.82, 2.24) is 10.3 Å². The van der Waals surface area contributed by atoms with Crippen LogP contribution in [0.25, 0.3) is 0 Å². The van der Waals surface area contributed by atoms with E-state index in [0.29, 0.717) is 18.2 Å². The third-order valence-electron chi connectivity index (χ3n) is 4.20. The summed E-state index contributed by atoms with van der Waals surface area (Å²) in [7, 11) is 0. The molecule has 0 unspecified atom stereocenters. The van der Waals surface area contributed by atoms with Gasteiger partial charge in [0, 0.05) is 12.7 Å². The average Bonchev–Trinajstić information content (AvgIpc) is 2.61. The summed E-state index contributed by atoms with van der Waals surface area (Å²) in [5.41, 5.74) is 1.30. The fourth-order valence-corrected chi connectivity index (χ4v) is 2.90. The van der Waals surface area contributed by atoms with Crippen LogP contribution in [0.4, 0.5) is 4.39 Å². The molecule has 1 aromatic carbocycles. The quantitative estimate of drug-likeness (QED) is 0.848. The number of amides is 1.